The third-order valence-corrected chi connectivity index (χ3v) is 1.67. The number of furan rings is 1. The Bertz CT molecular complexity index is 472. The Morgan fingerprint density at radius 3 is 2.86 bits per heavy atom. The number of carbonyl (C=O) groups is 1. The van der Waals surface area contributed by atoms with Crippen molar-refractivity contribution in [3.8, 4) is 11.5 Å². The first-order valence-electron chi connectivity index (χ1n) is 3.86. The number of aromatic nitrogens is 3. The SMILES string of the molecule is Cn1ncc(-c2ccc(C(=O)O)o2)n1. The lowest BCUT2D eigenvalue weighted by Gasteiger charge is -1.87. The van der Waals surface area contributed by atoms with E-state index in [9.17, 15) is 4.79 Å². The highest BCUT2D eigenvalue weighted by molar-refractivity contribution is 5.85. The van der Waals surface area contributed by atoms with Crippen LogP contribution in [0.4, 0.5) is 0 Å². The molecule has 14 heavy (non-hydrogen) atoms. The second-order valence-electron chi connectivity index (χ2n) is 2.69. The van der Waals surface area contributed by atoms with Crippen molar-refractivity contribution in [2.24, 2.45) is 7.05 Å². The first-order valence-corrected chi connectivity index (χ1v) is 3.86. The monoisotopic (exact) mass is 193 g/mol. The summed E-state index contributed by atoms with van der Waals surface area (Å²) < 4.78 is 5.03. The number of nitrogens with zero attached hydrogens (tertiary/aromatic N) is 3. The molecule has 6 heteroatoms. The molecule has 0 bridgehead atoms. The average molecular weight is 193 g/mol. The minimum absolute atomic E-state index is 0.106. The fourth-order valence-electron chi connectivity index (χ4n) is 1.05. The van der Waals surface area contributed by atoms with Gasteiger partial charge in [0.1, 0.15) is 5.69 Å². The topological polar surface area (TPSA) is 81.2 Å². The Morgan fingerprint density at radius 1 is 1.57 bits per heavy atom. The number of hydrogen-bond donors (Lipinski definition) is 1. The Hall–Kier alpha value is -2.11. The fourth-order valence-corrected chi connectivity index (χ4v) is 1.05. The molecule has 0 aromatic carbocycles. The number of rotatable bonds is 2. The molecule has 0 aliphatic rings. The van der Waals surface area contributed by atoms with Crippen LogP contribution in [0.3, 0.4) is 0 Å². The van der Waals surface area contributed by atoms with Gasteiger partial charge in [-0.2, -0.15) is 15.0 Å². The molecule has 6 nitrogen and oxygen atoms in total. The highest BCUT2D eigenvalue weighted by Gasteiger charge is 2.11. The third kappa shape index (κ3) is 1.37. The summed E-state index contributed by atoms with van der Waals surface area (Å²) in [5.74, 6) is -0.804. The molecule has 2 aromatic rings. The highest BCUT2D eigenvalue weighted by atomic mass is 16.4. The molecular formula is C8H7N3O3. The van der Waals surface area contributed by atoms with Crippen LogP contribution in [0.25, 0.3) is 11.5 Å². The molecule has 2 rings (SSSR count). The van der Waals surface area contributed by atoms with Crippen LogP contribution in [-0.4, -0.2) is 26.1 Å². The zero-order valence-electron chi connectivity index (χ0n) is 7.34. The maximum Gasteiger partial charge on any atom is 0.371 e. The van der Waals surface area contributed by atoms with Gasteiger partial charge in [0.2, 0.25) is 5.76 Å². The lowest BCUT2D eigenvalue weighted by Crippen LogP contribution is -1.92. The lowest BCUT2D eigenvalue weighted by molar-refractivity contribution is 0.0663. The van der Waals surface area contributed by atoms with Crippen LogP contribution >= 0.6 is 0 Å². The van der Waals surface area contributed by atoms with Gasteiger partial charge >= 0.3 is 5.97 Å². The molecule has 0 saturated carbocycles. The van der Waals surface area contributed by atoms with E-state index in [0.717, 1.165) is 0 Å². The molecular weight excluding hydrogens is 186 g/mol. The van der Waals surface area contributed by atoms with Crippen molar-refractivity contribution in [3.05, 3.63) is 24.1 Å². The lowest BCUT2D eigenvalue weighted by atomic mass is 10.3. The van der Waals surface area contributed by atoms with Gasteiger partial charge in [-0.15, -0.1) is 0 Å². The molecule has 2 aromatic heterocycles. The van der Waals surface area contributed by atoms with Crippen molar-refractivity contribution < 1.29 is 14.3 Å². The maximum absolute atomic E-state index is 10.5. The van der Waals surface area contributed by atoms with Crippen LogP contribution < -0.4 is 0 Å². The Labute approximate surface area is 78.8 Å². The van der Waals surface area contributed by atoms with Crippen LogP contribution in [-0.2, 0) is 7.05 Å². The summed E-state index contributed by atoms with van der Waals surface area (Å²) in [6.07, 6.45) is 1.50. The van der Waals surface area contributed by atoms with Crippen molar-refractivity contribution in [3.63, 3.8) is 0 Å². The first-order chi connectivity index (χ1) is 6.66. The van der Waals surface area contributed by atoms with Crippen LogP contribution in [0.2, 0.25) is 0 Å². The molecule has 0 unspecified atom stereocenters. The molecule has 0 amide bonds. The van der Waals surface area contributed by atoms with Gasteiger partial charge < -0.3 is 9.52 Å². The predicted molar refractivity (Wildman–Crippen MR) is 45.7 cm³/mol. The summed E-state index contributed by atoms with van der Waals surface area (Å²) >= 11 is 0. The summed E-state index contributed by atoms with van der Waals surface area (Å²) in [5, 5.41) is 16.4. The smallest absolute Gasteiger partial charge is 0.371 e. The molecule has 0 radical (unpaired) electrons. The first kappa shape index (κ1) is 8.49. The standard InChI is InChI=1S/C8H7N3O3/c1-11-9-4-5(10-11)6-2-3-7(14-6)8(12)13/h2-4H,1H3,(H,12,13). The van der Waals surface area contributed by atoms with Crippen molar-refractivity contribution >= 4 is 5.97 Å². The summed E-state index contributed by atoms with van der Waals surface area (Å²) in [7, 11) is 1.67. The third-order valence-electron chi connectivity index (χ3n) is 1.67. The van der Waals surface area contributed by atoms with Gasteiger partial charge in [-0.3, -0.25) is 0 Å². The quantitative estimate of drug-likeness (QED) is 0.761. The van der Waals surface area contributed by atoms with Crippen molar-refractivity contribution in [1.82, 2.24) is 15.0 Å². The minimum atomic E-state index is -1.10. The summed E-state index contributed by atoms with van der Waals surface area (Å²) in [5.41, 5.74) is 0.514. The molecule has 72 valence electrons. The average Bonchev–Trinajstić information content (AvgIpc) is 2.70. The van der Waals surface area contributed by atoms with Crippen molar-refractivity contribution in [1.29, 1.82) is 0 Å². The summed E-state index contributed by atoms with van der Waals surface area (Å²) in [4.78, 5) is 11.9. The Balaban J connectivity index is 2.38. The molecule has 1 N–H and O–H groups in total. The Morgan fingerprint density at radius 2 is 2.36 bits per heavy atom. The molecule has 0 aliphatic heterocycles. The molecule has 0 atom stereocenters. The van der Waals surface area contributed by atoms with Gasteiger partial charge in [-0.1, -0.05) is 0 Å². The van der Waals surface area contributed by atoms with E-state index in [2.05, 4.69) is 10.2 Å². The molecule has 0 spiro atoms. The van der Waals surface area contributed by atoms with E-state index in [-0.39, 0.29) is 5.76 Å². The maximum atomic E-state index is 10.5. The van der Waals surface area contributed by atoms with E-state index in [1.165, 1.54) is 17.1 Å². The molecule has 0 aliphatic carbocycles. The van der Waals surface area contributed by atoms with Gasteiger partial charge in [0.15, 0.2) is 5.76 Å². The second kappa shape index (κ2) is 2.99. The van der Waals surface area contributed by atoms with E-state index >= 15 is 0 Å². The van der Waals surface area contributed by atoms with Gasteiger partial charge in [0, 0.05) is 7.05 Å². The van der Waals surface area contributed by atoms with Gasteiger partial charge in [-0.25, -0.2) is 4.79 Å². The summed E-state index contributed by atoms with van der Waals surface area (Å²) in [6.45, 7) is 0. The number of carboxylic acid groups (broad SMARTS) is 1. The van der Waals surface area contributed by atoms with Gasteiger partial charge in [0.25, 0.3) is 0 Å². The zero-order valence-corrected chi connectivity index (χ0v) is 7.34. The van der Waals surface area contributed by atoms with E-state index < -0.39 is 5.97 Å². The van der Waals surface area contributed by atoms with Crippen LogP contribution in [0.1, 0.15) is 10.6 Å². The molecule has 0 saturated heterocycles. The second-order valence-corrected chi connectivity index (χ2v) is 2.69. The molecule has 0 fully saturated rings. The zero-order chi connectivity index (χ0) is 10.1. The van der Waals surface area contributed by atoms with Crippen LogP contribution in [0.15, 0.2) is 22.7 Å². The Kier molecular flexibility index (Phi) is 1.81. The van der Waals surface area contributed by atoms with E-state index in [1.54, 1.807) is 13.1 Å². The van der Waals surface area contributed by atoms with Gasteiger partial charge in [-0.05, 0) is 12.1 Å². The van der Waals surface area contributed by atoms with Crippen molar-refractivity contribution in [2.45, 2.75) is 0 Å². The summed E-state index contributed by atoms with van der Waals surface area (Å²) in [6, 6.07) is 2.93. The number of aromatic carboxylic acids is 1. The largest absolute Gasteiger partial charge is 0.475 e. The number of carboxylic acids is 1. The van der Waals surface area contributed by atoms with E-state index in [4.69, 9.17) is 9.52 Å². The highest BCUT2D eigenvalue weighted by Crippen LogP contribution is 2.18. The fraction of sp³-hybridized carbons (Fsp3) is 0.125. The van der Waals surface area contributed by atoms with Gasteiger partial charge in [0.05, 0.1) is 6.20 Å². The number of aryl methyl sites for hydroxylation is 1. The predicted octanol–water partition coefficient (Wildman–Crippen LogP) is 0.773. The van der Waals surface area contributed by atoms with Crippen LogP contribution in [0, 0.1) is 0 Å². The molecule has 2 heterocycles. The minimum Gasteiger partial charge on any atom is -0.475 e. The van der Waals surface area contributed by atoms with Crippen molar-refractivity contribution in [2.75, 3.05) is 0 Å². The normalized spacial score (nSPS) is 10.4. The van der Waals surface area contributed by atoms with Crippen LogP contribution in [0.5, 0.6) is 0 Å². The van der Waals surface area contributed by atoms with E-state index in [1.807, 2.05) is 0 Å². The van der Waals surface area contributed by atoms with E-state index in [0.29, 0.717) is 11.5 Å². The number of hydrogen-bond acceptors (Lipinski definition) is 4.